The molecular formula is C21H26O2. The van der Waals surface area contributed by atoms with Crippen molar-refractivity contribution in [2.45, 2.75) is 70.5 Å². The second-order valence-electron chi connectivity index (χ2n) is 7.94. The molecule has 2 heteroatoms. The Morgan fingerprint density at radius 1 is 1.00 bits per heavy atom. The molecule has 0 radical (unpaired) electrons. The van der Waals surface area contributed by atoms with E-state index in [2.05, 4.69) is 51.1 Å². The van der Waals surface area contributed by atoms with Gasteiger partial charge in [0.15, 0.2) is 0 Å². The van der Waals surface area contributed by atoms with Gasteiger partial charge in [-0.25, -0.2) is 0 Å². The van der Waals surface area contributed by atoms with Gasteiger partial charge < -0.3 is 9.15 Å². The van der Waals surface area contributed by atoms with E-state index in [1.54, 1.807) is 0 Å². The zero-order valence-electron chi connectivity index (χ0n) is 14.4. The van der Waals surface area contributed by atoms with Crippen molar-refractivity contribution < 1.29 is 9.15 Å². The summed E-state index contributed by atoms with van der Waals surface area (Å²) >= 11 is 0. The van der Waals surface area contributed by atoms with E-state index in [0.29, 0.717) is 12.0 Å². The monoisotopic (exact) mass is 310 g/mol. The summed E-state index contributed by atoms with van der Waals surface area (Å²) in [6.45, 7) is 6.40. The smallest absolute Gasteiger partial charge is 0.137 e. The molecule has 2 nitrogen and oxygen atoms in total. The molecule has 1 aromatic carbocycles. The van der Waals surface area contributed by atoms with Crippen molar-refractivity contribution in [2.75, 3.05) is 0 Å². The molecule has 1 heterocycles. The number of ether oxygens (including phenoxy) is 1. The Morgan fingerprint density at radius 3 is 2.39 bits per heavy atom. The first-order chi connectivity index (χ1) is 11.0. The predicted molar refractivity (Wildman–Crippen MR) is 92.8 cm³/mol. The van der Waals surface area contributed by atoms with E-state index in [-0.39, 0.29) is 5.60 Å². The summed E-state index contributed by atoms with van der Waals surface area (Å²) in [5.74, 6) is 2.78. The highest BCUT2D eigenvalue weighted by Gasteiger charge is 2.46. The van der Waals surface area contributed by atoms with Crippen LogP contribution in [0, 0.1) is 0 Å². The van der Waals surface area contributed by atoms with Crippen LogP contribution in [0.1, 0.15) is 62.8 Å². The molecule has 2 aliphatic carbocycles. The average Bonchev–Trinajstić information content (AvgIpc) is 3.15. The van der Waals surface area contributed by atoms with E-state index >= 15 is 0 Å². The average molecular weight is 310 g/mol. The third-order valence-corrected chi connectivity index (χ3v) is 4.86. The molecule has 23 heavy (non-hydrogen) atoms. The van der Waals surface area contributed by atoms with Gasteiger partial charge in [0, 0.05) is 17.0 Å². The minimum atomic E-state index is -0.0751. The Kier molecular flexibility index (Phi) is 3.60. The molecule has 2 aromatic rings. The van der Waals surface area contributed by atoms with Crippen LogP contribution in [-0.4, -0.2) is 11.7 Å². The van der Waals surface area contributed by atoms with Gasteiger partial charge in [-0.2, -0.15) is 0 Å². The molecule has 0 bridgehead atoms. The topological polar surface area (TPSA) is 22.4 Å². The number of fused-ring (bicyclic) bond motifs is 1. The van der Waals surface area contributed by atoms with Crippen molar-refractivity contribution in [3.05, 3.63) is 47.2 Å². The fourth-order valence-electron chi connectivity index (χ4n) is 3.82. The molecule has 0 aliphatic heterocycles. The first-order valence-electron chi connectivity index (χ1n) is 8.90. The molecule has 0 saturated heterocycles. The maximum atomic E-state index is 6.44. The van der Waals surface area contributed by atoms with E-state index in [1.807, 2.05) is 0 Å². The number of furan rings is 1. The van der Waals surface area contributed by atoms with Gasteiger partial charge in [-0.3, -0.25) is 0 Å². The summed E-state index contributed by atoms with van der Waals surface area (Å²) in [6.07, 6.45) is 6.31. The van der Waals surface area contributed by atoms with Crippen molar-refractivity contribution >= 4 is 0 Å². The summed E-state index contributed by atoms with van der Waals surface area (Å²) in [7, 11) is 0. The van der Waals surface area contributed by atoms with Crippen molar-refractivity contribution in [3.63, 3.8) is 0 Å². The highest BCUT2D eigenvalue weighted by Crippen LogP contribution is 2.50. The van der Waals surface area contributed by atoms with Crippen LogP contribution in [0.15, 0.2) is 34.7 Å². The van der Waals surface area contributed by atoms with Gasteiger partial charge in [-0.05, 0) is 58.4 Å². The maximum Gasteiger partial charge on any atom is 0.137 e. The number of rotatable bonds is 3. The minimum Gasteiger partial charge on any atom is -0.460 e. The Hall–Kier alpha value is -1.54. The summed E-state index contributed by atoms with van der Waals surface area (Å²) in [5, 5.41) is 0. The molecular weight excluding hydrogens is 284 g/mol. The van der Waals surface area contributed by atoms with Crippen LogP contribution in [-0.2, 0) is 17.6 Å². The van der Waals surface area contributed by atoms with Crippen LogP contribution in [0.4, 0.5) is 0 Å². The normalized spacial score (nSPS) is 23.6. The molecule has 2 atom stereocenters. The molecule has 0 spiro atoms. The second-order valence-corrected chi connectivity index (χ2v) is 7.94. The maximum absolute atomic E-state index is 6.44. The lowest BCUT2D eigenvalue weighted by Gasteiger charge is -2.19. The molecule has 4 rings (SSSR count). The molecule has 1 fully saturated rings. The van der Waals surface area contributed by atoms with Crippen molar-refractivity contribution in [2.24, 2.45) is 0 Å². The second kappa shape index (κ2) is 5.52. The van der Waals surface area contributed by atoms with Crippen molar-refractivity contribution in [3.8, 4) is 11.3 Å². The Bertz CT molecular complexity index is 691. The first kappa shape index (κ1) is 15.0. The molecule has 1 aromatic heterocycles. The summed E-state index contributed by atoms with van der Waals surface area (Å²) in [6, 6.07) is 10.6. The SMILES string of the molecule is CC(C)(C)O[C@H]1C[C@H]1c1oc(-c2ccccc2)c2c1CCCC2. The molecule has 2 aliphatic rings. The van der Waals surface area contributed by atoms with Gasteiger partial charge >= 0.3 is 0 Å². The van der Waals surface area contributed by atoms with Crippen molar-refractivity contribution in [1.82, 2.24) is 0 Å². The zero-order chi connectivity index (χ0) is 16.0. The third kappa shape index (κ3) is 2.97. The van der Waals surface area contributed by atoms with Gasteiger partial charge in [0.05, 0.1) is 11.7 Å². The van der Waals surface area contributed by atoms with E-state index in [9.17, 15) is 0 Å². The molecule has 0 N–H and O–H groups in total. The fourth-order valence-corrected chi connectivity index (χ4v) is 3.82. The van der Waals surface area contributed by atoms with Crippen molar-refractivity contribution in [1.29, 1.82) is 0 Å². The lowest BCUT2D eigenvalue weighted by molar-refractivity contribution is -0.0184. The van der Waals surface area contributed by atoms with Crippen LogP contribution < -0.4 is 0 Å². The number of hydrogen-bond donors (Lipinski definition) is 0. The molecule has 122 valence electrons. The first-order valence-corrected chi connectivity index (χ1v) is 8.90. The van der Waals surface area contributed by atoms with E-state index in [0.717, 1.165) is 18.6 Å². The Labute approximate surface area is 138 Å². The lowest BCUT2D eigenvalue weighted by Crippen LogP contribution is -2.21. The van der Waals surface area contributed by atoms with E-state index in [4.69, 9.17) is 9.15 Å². The highest BCUT2D eigenvalue weighted by molar-refractivity contribution is 5.65. The van der Waals surface area contributed by atoms with Gasteiger partial charge in [0.25, 0.3) is 0 Å². The fraction of sp³-hybridized carbons (Fsp3) is 0.524. The third-order valence-electron chi connectivity index (χ3n) is 4.86. The molecule has 1 saturated carbocycles. The van der Waals surface area contributed by atoms with E-state index in [1.165, 1.54) is 41.7 Å². The molecule has 0 unspecified atom stereocenters. The van der Waals surface area contributed by atoms with Crippen LogP contribution in [0.25, 0.3) is 11.3 Å². The summed E-state index contributed by atoms with van der Waals surface area (Å²) < 4.78 is 12.6. The summed E-state index contributed by atoms with van der Waals surface area (Å²) in [5.41, 5.74) is 4.08. The zero-order valence-corrected chi connectivity index (χ0v) is 14.4. The van der Waals surface area contributed by atoms with E-state index < -0.39 is 0 Å². The minimum absolute atomic E-state index is 0.0751. The lowest BCUT2D eigenvalue weighted by atomic mass is 9.90. The van der Waals surface area contributed by atoms with Gasteiger partial charge in [-0.15, -0.1) is 0 Å². The Balaban J connectivity index is 1.68. The largest absolute Gasteiger partial charge is 0.460 e. The predicted octanol–water partition coefficient (Wildman–Crippen LogP) is 5.50. The van der Waals surface area contributed by atoms with Crippen LogP contribution >= 0.6 is 0 Å². The number of hydrogen-bond acceptors (Lipinski definition) is 2. The summed E-state index contributed by atoms with van der Waals surface area (Å²) in [4.78, 5) is 0. The number of benzene rings is 1. The highest BCUT2D eigenvalue weighted by atomic mass is 16.5. The van der Waals surface area contributed by atoms with Gasteiger partial charge in [0.1, 0.15) is 11.5 Å². The van der Waals surface area contributed by atoms with Gasteiger partial charge in [-0.1, -0.05) is 30.3 Å². The standard InChI is InChI=1S/C21H26O2/c1-21(2,3)23-18-13-17(18)20-16-12-8-7-11-15(16)19(22-20)14-9-5-4-6-10-14/h4-6,9-10,17-18H,7-8,11-13H2,1-3H3/t17-,18+/m1/s1. The van der Waals surface area contributed by atoms with Crippen LogP contribution in [0.3, 0.4) is 0 Å². The van der Waals surface area contributed by atoms with Crippen LogP contribution in [0.2, 0.25) is 0 Å². The van der Waals surface area contributed by atoms with Gasteiger partial charge in [0.2, 0.25) is 0 Å². The molecule has 0 amide bonds. The quantitative estimate of drug-likeness (QED) is 0.747. The Morgan fingerprint density at radius 2 is 1.70 bits per heavy atom. The van der Waals surface area contributed by atoms with Crippen LogP contribution in [0.5, 0.6) is 0 Å².